The van der Waals surface area contributed by atoms with E-state index in [-0.39, 0.29) is 29.6 Å². The first kappa shape index (κ1) is 25.7. The van der Waals surface area contributed by atoms with E-state index in [9.17, 15) is 0 Å². The Kier molecular flexibility index (Phi) is 16.1. The molecular formula is C27H43Na. The number of aryl methyl sites for hydroxylation is 1. The Morgan fingerprint density at radius 3 is 1.54 bits per heavy atom. The van der Waals surface area contributed by atoms with Gasteiger partial charge < -0.3 is 0 Å². The Labute approximate surface area is 197 Å². The van der Waals surface area contributed by atoms with Gasteiger partial charge in [0.15, 0.2) is 0 Å². The maximum absolute atomic E-state index is 2.31. The Bertz CT molecular complexity index is 599. The summed E-state index contributed by atoms with van der Waals surface area (Å²) in [6.07, 6.45) is 22.8. The number of rotatable bonds is 16. The molecule has 0 nitrogen and oxygen atoms in total. The third kappa shape index (κ3) is 11.0. The van der Waals surface area contributed by atoms with Crippen LogP contribution in [0.25, 0.3) is 10.8 Å². The van der Waals surface area contributed by atoms with E-state index in [1.165, 1.54) is 119 Å². The van der Waals surface area contributed by atoms with E-state index < -0.39 is 0 Å². The molecule has 0 spiro atoms. The summed E-state index contributed by atoms with van der Waals surface area (Å²) in [4.78, 5) is 0. The SMILES string of the molecule is CCCCCCCCCCCCCCCCCc1cccc2ccccc12.[NaH]. The van der Waals surface area contributed by atoms with Crippen molar-refractivity contribution < 1.29 is 0 Å². The molecule has 0 saturated heterocycles. The second-order valence-electron chi connectivity index (χ2n) is 8.34. The van der Waals surface area contributed by atoms with Crippen LogP contribution in [0.15, 0.2) is 42.5 Å². The van der Waals surface area contributed by atoms with Crippen molar-refractivity contribution >= 4 is 40.3 Å². The normalized spacial score (nSPS) is 10.9. The van der Waals surface area contributed by atoms with Gasteiger partial charge in [0.1, 0.15) is 0 Å². The molecule has 0 aliphatic heterocycles. The molecule has 1 heteroatoms. The third-order valence-corrected chi connectivity index (χ3v) is 5.93. The minimum atomic E-state index is 0. The molecule has 0 heterocycles. The number of hydrogen-bond donors (Lipinski definition) is 0. The Morgan fingerprint density at radius 1 is 0.500 bits per heavy atom. The van der Waals surface area contributed by atoms with Crippen molar-refractivity contribution in [1.29, 1.82) is 0 Å². The average Bonchev–Trinajstić information content (AvgIpc) is 2.71. The van der Waals surface area contributed by atoms with Crippen LogP contribution < -0.4 is 0 Å². The number of unbranched alkanes of at least 4 members (excludes halogenated alkanes) is 14. The van der Waals surface area contributed by atoms with Gasteiger partial charge in [-0.15, -0.1) is 0 Å². The van der Waals surface area contributed by atoms with Gasteiger partial charge in [0.05, 0.1) is 0 Å². The third-order valence-electron chi connectivity index (χ3n) is 5.93. The van der Waals surface area contributed by atoms with Crippen LogP contribution >= 0.6 is 0 Å². The molecule has 0 radical (unpaired) electrons. The van der Waals surface area contributed by atoms with Crippen molar-refractivity contribution in [3.8, 4) is 0 Å². The summed E-state index contributed by atoms with van der Waals surface area (Å²) in [6, 6.07) is 15.6. The Morgan fingerprint density at radius 2 is 0.964 bits per heavy atom. The van der Waals surface area contributed by atoms with Crippen LogP contribution in [0.3, 0.4) is 0 Å². The zero-order valence-electron chi connectivity index (χ0n) is 17.9. The van der Waals surface area contributed by atoms with E-state index in [1.807, 2.05) is 0 Å². The van der Waals surface area contributed by atoms with Gasteiger partial charge in [-0.2, -0.15) is 0 Å². The van der Waals surface area contributed by atoms with E-state index in [0.29, 0.717) is 0 Å². The predicted molar refractivity (Wildman–Crippen MR) is 130 cm³/mol. The molecular weight excluding hydrogens is 347 g/mol. The van der Waals surface area contributed by atoms with E-state index in [4.69, 9.17) is 0 Å². The van der Waals surface area contributed by atoms with Crippen molar-refractivity contribution in [2.75, 3.05) is 0 Å². The monoisotopic (exact) mass is 390 g/mol. The Balaban J connectivity index is 0.00000392. The molecule has 0 saturated carbocycles. The van der Waals surface area contributed by atoms with Gasteiger partial charge in [0.25, 0.3) is 0 Å². The number of fused-ring (bicyclic) bond motifs is 1. The summed E-state index contributed by atoms with van der Waals surface area (Å²) in [5, 5.41) is 2.83. The predicted octanol–water partition coefficient (Wildman–Crippen LogP) is 8.61. The fraction of sp³-hybridized carbons (Fsp3) is 0.630. The van der Waals surface area contributed by atoms with Crippen LogP contribution in [0.2, 0.25) is 0 Å². The van der Waals surface area contributed by atoms with Crippen LogP contribution in [0, 0.1) is 0 Å². The molecule has 28 heavy (non-hydrogen) atoms. The molecule has 0 aliphatic carbocycles. The summed E-state index contributed by atoms with van der Waals surface area (Å²) in [5.41, 5.74) is 1.53. The van der Waals surface area contributed by atoms with E-state index in [2.05, 4.69) is 49.4 Å². The first-order valence-electron chi connectivity index (χ1n) is 11.9. The zero-order valence-corrected chi connectivity index (χ0v) is 17.9. The summed E-state index contributed by atoms with van der Waals surface area (Å²) in [7, 11) is 0. The molecule has 0 unspecified atom stereocenters. The Hall–Kier alpha value is -0.300. The first-order chi connectivity index (χ1) is 13.4. The summed E-state index contributed by atoms with van der Waals surface area (Å²) in [6.45, 7) is 2.30. The number of benzene rings is 2. The van der Waals surface area contributed by atoms with Gasteiger partial charge in [0, 0.05) is 0 Å². The second-order valence-corrected chi connectivity index (χ2v) is 8.34. The molecule has 0 aliphatic rings. The quantitative estimate of drug-likeness (QED) is 0.199. The van der Waals surface area contributed by atoms with Crippen LogP contribution in [-0.2, 0) is 6.42 Å². The summed E-state index contributed by atoms with van der Waals surface area (Å²) in [5.74, 6) is 0. The molecule has 0 atom stereocenters. The summed E-state index contributed by atoms with van der Waals surface area (Å²) < 4.78 is 0. The van der Waals surface area contributed by atoms with Crippen LogP contribution in [0.4, 0.5) is 0 Å². The standard InChI is InChI=1S/C27H42.Na.H/c1-2-3-4-5-6-7-8-9-10-11-12-13-14-15-16-20-25-22-19-23-26-21-17-18-24-27(25)26;;/h17-19,21-24H,2-16,20H2,1H3;;. The zero-order chi connectivity index (χ0) is 19.0. The van der Waals surface area contributed by atoms with Gasteiger partial charge in [-0.25, -0.2) is 0 Å². The van der Waals surface area contributed by atoms with Crippen molar-refractivity contribution in [2.45, 2.75) is 110 Å². The molecule has 2 aromatic rings. The minimum absolute atomic E-state index is 0. The first-order valence-corrected chi connectivity index (χ1v) is 11.9. The molecule has 0 bridgehead atoms. The van der Waals surface area contributed by atoms with Crippen molar-refractivity contribution in [3.63, 3.8) is 0 Å². The topological polar surface area (TPSA) is 0 Å². The van der Waals surface area contributed by atoms with Gasteiger partial charge >= 0.3 is 29.6 Å². The van der Waals surface area contributed by atoms with Crippen LogP contribution in [-0.4, -0.2) is 29.6 Å². The number of hydrogen-bond acceptors (Lipinski definition) is 0. The summed E-state index contributed by atoms with van der Waals surface area (Å²) >= 11 is 0. The second kappa shape index (κ2) is 17.5. The molecule has 0 fully saturated rings. The van der Waals surface area contributed by atoms with Crippen molar-refractivity contribution in [3.05, 3.63) is 48.0 Å². The van der Waals surface area contributed by atoms with Gasteiger partial charge in [-0.3, -0.25) is 0 Å². The average molecular weight is 391 g/mol. The van der Waals surface area contributed by atoms with Gasteiger partial charge in [-0.05, 0) is 29.2 Å². The molecule has 2 rings (SSSR count). The molecule has 152 valence electrons. The maximum atomic E-state index is 2.31. The van der Waals surface area contributed by atoms with E-state index in [1.54, 1.807) is 0 Å². The van der Waals surface area contributed by atoms with Gasteiger partial charge in [0.2, 0.25) is 0 Å². The van der Waals surface area contributed by atoms with E-state index in [0.717, 1.165) is 0 Å². The van der Waals surface area contributed by atoms with Crippen LogP contribution in [0.1, 0.15) is 109 Å². The molecule has 0 N–H and O–H groups in total. The molecule has 0 aromatic heterocycles. The molecule has 2 aromatic carbocycles. The van der Waals surface area contributed by atoms with Crippen molar-refractivity contribution in [1.82, 2.24) is 0 Å². The van der Waals surface area contributed by atoms with Crippen LogP contribution in [0.5, 0.6) is 0 Å². The van der Waals surface area contributed by atoms with Gasteiger partial charge in [-0.1, -0.05) is 139 Å². The molecule has 0 amide bonds. The fourth-order valence-electron chi connectivity index (χ4n) is 4.20. The van der Waals surface area contributed by atoms with Crippen molar-refractivity contribution in [2.24, 2.45) is 0 Å². The van der Waals surface area contributed by atoms with E-state index >= 15 is 0 Å². The fourth-order valence-corrected chi connectivity index (χ4v) is 4.20.